The summed E-state index contributed by atoms with van der Waals surface area (Å²) in [5.74, 6) is -0.0682. The second kappa shape index (κ2) is 8.65. The molecule has 0 saturated carbocycles. The fourth-order valence-corrected chi connectivity index (χ4v) is 4.60. The molecule has 0 atom stereocenters. The standard InChI is InChI=1S/C20H25N3O3S/c1-17-7-9-19(10-8-17)21-20(24)15-22-11-13-23(14-12-22)27(25,26)16-18-5-3-2-4-6-18/h2-10H,11-16H2,1H3,(H,21,24). The summed E-state index contributed by atoms with van der Waals surface area (Å²) in [7, 11) is -3.33. The largest absolute Gasteiger partial charge is 0.325 e. The third-order valence-corrected chi connectivity index (χ3v) is 6.47. The number of carbonyl (C=O) groups is 1. The topological polar surface area (TPSA) is 69.7 Å². The molecule has 0 bridgehead atoms. The molecule has 0 aromatic heterocycles. The van der Waals surface area contributed by atoms with Gasteiger partial charge < -0.3 is 5.32 Å². The molecule has 1 aliphatic rings. The van der Waals surface area contributed by atoms with Gasteiger partial charge in [-0.2, -0.15) is 4.31 Å². The molecule has 0 aliphatic carbocycles. The summed E-state index contributed by atoms with van der Waals surface area (Å²) in [4.78, 5) is 14.2. The predicted molar refractivity (Wildman–Crippen MR) is 107 cm³/mol. The Morgan fingerprint density at radius 2 is 1.59 bits per heavy atom. The molecule has 2 aromatic carbocycles. The van der Waals surface area contributed by atoms with E-state index >= 15 is 0 Å². The van der Waals surface area contributed by atoms with Crippen LogP contribution in [0.15, 0.2) is 54.6 Å². The monoisotopic (exact) mass is 387 g/mol. The van der Waals surface area contributed by atoms with Gasteiger partial charge in [-0.1, -0.05) is 48.0 Å². The minimum atomic E-state index is -3.33. The van der Waals surface area contributed by atoms with E-state index in [1.54, 1.807) is 0 Å². The first-order chi connectivity index (χ1) is 12.9. The molecule has 27 heavy (non-hydrogen) atoms. The minimum Gasteiger partial charge on any atom is -0.325 e. The lowest BCUT2D eigenvalue weighted by Crippen LogP contribution is -2.50. The quantitative estimate of drug-likeness (QED) is 0.824. The van der Waals surface area contributed by atoms with E-state index in [9.17, 15) is 13.2 Å². The van der Waals surface area contributed by atoms with Gasteiger partial charge in [-0.3, -0.25) is 9.69 Å². The SMILES string of the molecule is Cc1ccc(NC(=O)CN2CCN(S(=O)(=O)Cc3ccccc3)CC2)cc1. The molecule has 1 aliphatic heterocycles. The van der Waals surface area contributed by atoms with Gasteiger partial charge >= 0.3 is 0 Å². The number of sulfonamides is 1. The predicted octanol–water partition coefficient (Wildman–Crippen LogP) is 2.08. The highest BCUT2D eigenvalue weighted by Crippen LogP contribution is 2.14. The van der Waals surface area contributed by atoms with Crippen molar-refractivity contribution in [3.63, 3.8) is 0 Å². The van der Waals surface area contributed by atoms with Gasteiger partial charge in [0.05, 0.1) is 12.3 Å². The van der Waals surface area contributed by atoms with Crippen molar-refractivity contribution in [1.29, 1.82) is 0 Å². The highest BCUT2D eigenvalue weighted by Gasteiger charge is 2.27. The van der Waals surface area contributed by atoms with Crippen LogP contribution in [0.3, 0.4) is 0 Å². The highest BCUT2D eigenvalue weighted by molar-refractivity contribution is 7.88. The molecule has 1 heterocycles. The molecule has 3 rings (SSSR count). The number of nitrogens with one attached hydrogen (secondary N) is 1. The zero-order chi connectivity index (χ0) is 19.3. The van der Waals surface area contributed by atoms with Gasteiger partial charge in [0.1, 0.15) is 0 Å². The summed E-state index contributed by atoms with van der Waals surface area (Å²) in [5, 5.41) is 2.88. The number of aryl methyl sites for hydroxylation is 1. The second-order valence-corrected chi connectivity index (χ2v) is 8.80. The van der Waals surface area contributed by atoms with Gasteiger partial charge in [0, 0.05) is 31.9 Å². The first-order valence-electron chi connectivity index (χ1n) is 9.03. The number of hydrogen-bond donors (Lipinski definition) is 1. The smallest absolute Gasteiger partial charge is 0.238 e. The molecular weight excluding hydrogens is 362 g/mol. The molecule has 7 heteroatoms. The highest BCUT2D eigenvalue weighted by atomic mass is 32.2. The summed E-state index contributed by atoms with van der Waals surface area (Å²) >= 11 is 0. The van der Waals surface area contributed by atoms with E-state index in [-0.39, 0.29) is 18.2 Å². The Kier molecular flexibility index (Phi) is 6.26. The number of nitrogens with zero attached hydrogens (tertiary/aromatic N) is 2. The molecule has 1 fully saturated rings. The lowest BCUT2D eigenvalue weighted by atomic mass is 10.2. The Balaban J connectivity index is 1.48. The van der Waals surface area contributed by atoms with Gasteiger partial charge in [-0.25, -0.2) is 8.42 Å². The number of rotatable bonds is 6. The molecule has 1 amide bonds. The molecule has 1 N–H and O–H groups in total. The lowest BCUT2D eigenvalue weighted by molar-refractivity contribution is -0.117. The van der Waals surface area contributed by atoms with E-state index in [2.05, 4.69) is 5.32 Å². The average Bonchev–Trinajstić information content (AvgIpc) is 2.64. The van der Waals surface area contributed by atoms with Crippen LogP contribution in [-0.4, -0.2) is 56.3 Å². The molecule has 0 radical (unpaired) electrons. The summed E-state index contributed by atoms with van der Waals surface area (Å²) < 4.78 is 26.7. The van der Waals surface area contributed by atoms with Crippen molar-refractivity contribution in [3.05, 3.63) is 65.7 Å². The Hall–Kier alpha value is -2.22. The Labute approximate surface area is 160 Å². The van der Waals surface area contributed by atoms with Gasteiger partial charge in [0.25, 0.3) is 0 Å². The molecule has 2 aromatic rings. The summed E-state index contributed by atoms with van der Waals surface area (Å²) in [6.07, 6.45) is 0. The van der Waals surface area contributed by atoms with Gasteiger partial charge in [0.15, 0.2) is 0 Å². The average molecular weight is 388 g/mol. The molecule has 0 unspecified atom stereocenters. The number of amides is 1. The zero-order valence-electron chi connectivity index (χ0n) is 15.5. The number of benzene rings is 2. The van der Waals surface area contributed by atoms with E-state index in [1.165, 1.54) is 4.31 Å². The van der Waals surface area contributed by atoms with Crippen molar-refractivity contribution in [3.8, 4) is 0 Å². The van der Waals surface area contributed by atoms with Crippen molar-refractivity contribution >= 4 is 21.6 Å². The van der Waals surface area contributed by atoms with Crippen LogP contribution in [0.5, 0.6) is 0 Å². The fourth-order valence-electron chi connectivity index (χ4n) is 3.08. The number of carbonyl (C=O) groups excluding carboxylic acids is 1. The third-order valence-electron chi connectivity index (χ3n) is 4.62. The van der Waals surface area contributed by atoms with Crippen molar-refractivity contribution in [2.45, 2.75) is 12.7 Å². The number of piperazine rings is 1. The summed E-state index contributed by atoms with van der Waals surface area (Å²) in [6, 6.07) is 16.9. The molecule has 144 valence electrons. The Morgan fingerprint density at radius 1 is 0.963 bits per heavy atom. The van der Waals surface area contributed by atoms with Crippen LogP contribution in [0.25, 0.3) is 0 Å². The molecular formula is C20H25N3O3S. The van der Waals surface area contributed by atoms with Crippen LogP contribution in [0.1, 0.15) is 11.1 Å². The van der Waals surface area contributed by atoms with Crippen molar-refractivity contribution < 1.29 is 13.2 Å². The van der Waals surface area contributed by atoms with Crippen molar-refractivity contribution in [1.82, 2.24) is 9.21 Å². The summed E-state index contributed by atoms with van der Waals surface area (Å²) in [5.41, 5.74) is 2.70. The third kappa shape index (κ3) is 5.63. The molecule has 1 saturated heterocycles. The van der Waals surface area contributed by atoms with Gasteiger partial charge in [-0.15, -0.1) is 0 Å². The molecule has 0 spiro atoms. The van der Waals surface area contributed by atoms with Crippen LogP contribution in [0.4, 0.5) is 5.69 Å². The normalized spacial score (nSPS) is 16.2. The zero-order valence-corrected chi connectivity index (χ0v) is 16.3. The fraction of sp³-hybridized carbons (Fsp3) is 0.350. The van der Waals surface area contributed by atoms with Gasteiger partial charge in [-0.05, 0) is 24.6 Å². The maximum Gasteiger partial charge on any atom is 0.238 e. The van der Waals surface area contributed by atoms with Crippen LogP contribution in [-0.2, 0) is 20.6 Å². The Bertz CT molecular complexity index is 859. The van der Waals surface area contributed by atoms with Crippen molar-refractivity contribution in [2.24, 2.45) is 0 Å². The minimum absolute atomic E-state index is 0.0156. The summed E-state index contributed by atoms with van der Waals surface area (Å²) in [6.45, 7) is 4.18. The van der Waals surface area contributed by atoms with Crippen LogP contribution in [0, 0.1) is 6.92 Å². The van der Waals surface area contributed by atoms with E-state index in [1.807, 2.05) is 66.4 Å². The van der Waals surface area contributed by atoms with E-state index in [0.29, 0.717) is 26.2 Å². The Morgan fingerprint density at radius 3 is 2.22 bits per heavy atom. The van der Waals surface area contributed by atoms with E-state index in [4.69, 9.17) is 0 Å². The van der Waals surface area contributed by atoms with Crippen LogP contribution < -0.4 is 5.32 Å². The maximum absolute atomic E-state index is 12.6. The van der Waals surface area contributed by atoms with Crippen molar-refractivity contribution in [2.75, 3.05) is 38.0 Å². The first-order valence-corrected chi connectivity index (χ1v) is 10.6. The number of hydrogen-bond acceptors (Lipinski definition) is 4. The first kappa shape index (κ1) is 19.5. The van der Waals surface area contributed by atoms with E-state index in [0.717, 1.165) is 16.8 Å². The lowest BCUT2D eigenvalue weighted by Gasteiger charge is -2.33. The number of anilines is 1. The molecule has 6 nitrogen and oxygen atoms in total. The van der Waals surface area contributed by atoms with Crippen LogP contribution >= 0.6 is 0 Å². The second-order valence-electron chi connectivity index (χ2n) is 6.83. The van der Waals surface area contributed by atoms with Crippen LogP contribution in [0.2, 0.25) is 0 Å². The maximum atomic E-state index is 12.6. The van der Waals surface area contributed by atoms with E-state index < -0.39 is 10.0 Å². The van der Waals surface area contributed by atoms with Gasteiger partial charge in [0.2, 0.25) is 15.9 Å².